The number of hydrogen-bond donors (Lipinski definition) is 2. The summed E-state index contributed by atoms with van der Waals surface area (Å²) in [6.07, 6.45) is 0. The molecule has 0 fully saturated rings. The van der Waals surface area contributed by atoms with E-state index < -0.39 is 5.97 Å². The Bertz CT molecular complexity index is 1140. The second kappa shape index (κ2) is 6.24. The lowest BCUT2D eigenvalue weighted by Gasteiger charge is -2.06. The van der Waals surface area contributed by atoms with Gasteiger partial charge in [0, 0.05) is 16.1 Å². The molecule has 0 bridgehead atoms. The Labute approximate surface area is 152 Å². The van der Waals surface area contributed by atoms with Crippen LogP contribution in [0.15, 0.2) is 54.6 Å². The molecule has 2 N–H and O–H groups in total. The highest BCUT2D eigenvalue weighted by atomic mass is 35.5. The molecule has 128 valence electrons. The SMILES string of the molecule is O=C(O)c1cc(-c2cccc(Cl)c2)nc2n[nH]c(-c3ccc(F)cc3)c12. The molecule has 4 rings (SSSR count). The predicted octanol–water partition coefficient (Wildman–Crippen LogP) is 4.78. The molecule has 0 atom stereocenters. The van der Waals surface area contributed by atoms with Crippen LogP contribution >= 0.6 is 11.6 Å². The fourth-order valence-electron chi connectivity index (χ4n) is 2.81. The topological polar surface area (TPSA) is 78.9 Å². The van der Waals surface area contributed by atoms with Crippen LogP contribution in [0.25, 0.3) is 33.5 Å². The van der Waals surface area contributed by atoms with E-state index in [-0.39, 0.29) is 17.0 Å². The quantitative estimate of drug-likeness (QED) is 0.546. The number of nitrogens with one attached hydrogen (secondary N) is 1. The van der Waals surface area contributed by atoms with Crippen molar-refractivity contribution < 1.29 is 14.3 Å². The Kier molecular flexibility index (Phi) is 3.89. The molecular weight excluding hydrogens is 357 g/mol. The van der Waals surface area contributed by atoms with Crippen molar-refractivity contribution in [3.8, 4) is 22.5 Å². The molecule has 0 saturated heterocycles. The second-order valence-electron chi connectivity index (χ2n) is 5.67. The number of carbonyl (C=O) groups is 1. The minimum absolute atomic E-state index is 0.0538. The monoisotopic (exact) mass is 367 g/mol. The highest BCUT2D eigenvalue weighted by molar-refractivity contribution is 6.30. The van der Waals surface area contributed by atoms with Gasteiger partial charge in [-0.3, -0.25) is 5.10 Å². The summed E-state index contributed by atoms with van der Waals surface area (Å²) in [5.41, 5.74) is 2.55. The van der Waals surface area contributed by atoms with Crippen molar-refractivity contribution in [1.82, 2.24) is 15.2 Å². The maximum absolute atomic E-state index is 13.2. The van der Waals surface area contributed by atoms with E-state index in [1.807, 2.05) is 0 Å². The van der Waals surface area contributed by atoms with E-state index in [1.54, 1.807) is 36.4 Å². The van der Waals surface area contributed by atoms with Crippen molar-refractivity contribution in [3.63, 3.8) is 0 Å². The van der Waals surface area contributed by atoms with Crippen LogP contribution in [-0.4, -0.2) is 26.3 Å². The van der Waals surface area contributed by atoms with E-state index in [0.29, 0.717) is 32.9 Å². The standard InChI is InChI=1S/C19H11ClFN3O2/c20-12-3-1-2-11(8-12)15-9-14(19(25)26)16-17(23-24-18(16)22-15)10-4-6-13(21)7-5-10/h1-9H,(H,25,26)(H,22,23,24). The Morgan fingerprint density at radius 1 is 1.08 bits per heavy atom. The third-order valence-electron chi connectivity index (χ3n) is 4.01. The molecule has 0 aliphatic carbocycles. The van der Waals surface area contributed by atoms with Gasteiger partial charge < -0.3 is 5.11 Å². The number of aromatic nitrogens is 3. The summed E-state index contributed by atoms with van der Waals surface area (Å²) < 4.78 is 13.2. The number of pyridine rings is 1. The van der Waals surface area contributed by atoms with Crippen LogP contribution in [0.1, 0.15) is 10.4 Å². The molecule has 26 heavy (non-hydrogen) atoms. The lowest BCUT2D eigenvalue weighted by Crippen LogP contribution is -2.00. The summed E-state index contributed by atoms with van der Waals surface area (Å²) in [6, 6.07) is 14.2. The maximum atomic E-state index is 13.2. The number of aromatic carboxylic acids is 1. The van der Waals surface area contributed by atoms with Crippen LogP contribution in [0.4, 0.5) is 4.39 Å². The summed E-state index contributed by atoms with van der Waals surface area (Å²) in [6.45, 7) is 0. The molecule has 0 spiro atoms. The first-order chi connectivity index (χ1) is 12.5. The normalized spacial score (nSPS) is 11.0. The highest BCUT2D eigenvalue weighted by Crippen LogP contribution is 2.32. The molecule has 2 aromatic heterocycles. The number of fused-ring (bicyclic) bond motifs is 1. The van der Waals surface area contributed by atoms with Crippen LogP contribution in [0.5, 0.6) is 0 Å². The number of H-pyrrole nitrogens is 1. The van der Waals surface area contributed by atoms with Gasteiger partial charge in [-0.15, -0.1) is 0 Å². The lowest BCUT2D eigenvalue weighted by atomic mass is 10.0. The zero-order chi connectivity index (χ0) is 18.3. The molecule has 5 nitrogen and oxygen atoms in total. The van der Waals surface area contributed by atoms with Crippen LogP contribution in [0.3, 0.4) is 0 Å². The number of rotatable bonds is 3. The number of halogens is 2. The molecule has 7 heteroatoms. The number of carboxylic acids is 1. The number of nitrogens with zero attached hydrogens (tertiary/aromatic N) is 2. The fraction of sp³-hybridized carbons (Fsp3) is 0. The molecule has 2 aromatic carbocycles. The Balaban J connectivity index is 1.96. The Morgan fingerprint density at radius 2 is 1.85 bits per heavy atom. The van der Waals surface area contributed by atoms with Gasteiger partial charge in [-0.05, 0) is 42.5 Å². The van der Waals surface area contributed by atoms with E-state index in [9.17, 15) is 14.3 Å². The third kappa shape index (κ3) is 2.80. The van der Waals surface area contributed by atoms with Gasteiger partial charge in [0.1, 0.15) is 5.82 Å². The third-order valence-corrected chi connectivity index (χ3v) is 4.24. The van der Waals surface area contributed by atoms with Crippen LogP contribution in [-0.2, 0) is 0 Å². The molecule has 0 unspecified atom stereocenters. The van der Waals surface area contributed by atoms with Crippen molar-refractivity contribution in [2.75, 3.05) is 0 Å². The van der Waals surface area contributed by atoms with Crippen molar-refractivity contribution in [2.24, 2.45) is 0 Å². The smallest absolute Gasteiger partial charge is 0.336 e. The van der Waals surface area contributed by atoms with Crippen molar-refractivity contribution in [3.05, 3.63) is 71.0 Å². The molecular formula is C19H11ClFN3O2. The average Bonchev–Trinajstić information content (AvgIpc) is 3.05. The molecule has 0 amide bonds. The van der Waals surface area contributed by atoms with Gasteiger partial charge in [-0.1, -0.05) is 23.7 Å². The summed E-state index contributed by atoms with van der Waals surface area (Å²) in [7, 11) is 0. The minimum Gasteiger partial charge on any atom is -0.478 e. The minimum atomic E-state index is -1.11. The number of carboxylic acid groups (broad SMARTS) is 1. The summed E-state index contributed by atoms with van der Waals surface area (Å²) in [4.78, 5) is 16.3. The van der Waals surface area contributed by atoms with E-state index in [1.165, 1.54) is 18.2 Å². The van der Waals surface area contributed by atoms with E-state index in [2.05, 4.69) is 15.2 Å². The van der Waals surface area contributed by atoms with Gasteiger partial charge in [0.2, 0.25) is 0 Å². The lowest BCUT2D eigenvalue weighted by molar-refractivity contribution is 0.0699. The second-order valence-corrected chi connectivity index (χ2v) is 6.11. The zero-order valence-corrected chi connectivity index (χ0v) is 14.0. The molecule has 0 aliphatic heterocycles. The fourth-order valence-corrected chi connectivity index (χ4v) is 3.00. The van der Waals surface area contributed by atoms with Crippen molar-refractivity contribution in [1.29, 1.82) is 0 Å². The Morgan fingerprint density at radius 3 is 2.54 bits per heavy atom. The average molecular weight is 368 g/mol. The molecule has 0 saturated carbocycles. The maximum Gasteiger partial charge on any atom is 0.336 e. The van der Waals surface area contributed by atoms with Crippen LogP contribution in [0, 0.1) is 5.82 Å². The largest absolute Gasteiger partial charge is 0.478 e. The van der Waals surface area contributed by atoms with Crippen LogP contribution in [0.2, 0.25) is 5.02 Å². The Hall–Kier alpha value is -3.25. The van der Waals surface area contributed by atoms with Gasteiger partial charge >= 0.3 is 5.97 Å². The first kappa shape index (κ1) is 16.2. The number of benzene rings is 2. The molecule has 0 aliphatic rings. The van der Waals surface area contributed by atoms with Crippen molar-refractivity contribution in [2.45, 2.75) is 0 Å². The highest BCUT2D eigenvalue weighted by Gasteiger charge is 2.19. The van der Waals surface area contributed by atoms with E-state index in [4.69, 9.17) is 11.6 Å². The van der Waals surface area contributed by atoms with Gasteiger partial charge in [-0.25, -0.2) is 14.2 Å². The van der Waals surface area contributed by atoms with Crippen molar-refractivity contribution >= 4 is 28.6 Å². The number of aromatic amines is 1. The number of hydrogen-bond acceptors (Lipinski definition) is 3. The molecule has 4 aromatic rings. The first-order valence-corrected chi connectivity index (χ1v) is 8.05. The summed E-state index contributed by atoms with van der Waals surface area (Å²) in [5.74, 6) is -1.48. The first-order valence-electron chi connectivity index (χ1n) is 7.67. The molecule has 0 radical (unpaired) electrons. The van der Waals surface area contributed by atoms with E-state index >= 15 is 0 Å². The summed E-state index contributed by atoms with van der Waals surface area (Å²) >= 11 is 6.02. The predicted molar refractivity (Wildman–Crippen MR) is 96.7 cm³/mol. The summed E-state index contributed by atoms with van der Waals surface area (Å²) in [5, 5.41) is 17.5. The molecule has 2 heterocycles. The van der Waals surface area contributed by atoms with Gasteiger partial charge in [-0.2, -0.15) is 5.10 Å². The van der Waals surface area contributed by atoms with Crippen LogP contribution < -0.4 is 0 Å². The van der Waals surface area contributed by atoms with Gasteiger partial charge in [0.05, 0.1) is 22.3 Å². The van der Waals surface area contributed by atoms with E-state index in [0.717, 1.165) is 0 Å². The van der Waals surface area contributed by atoms with Gasteiger partial charge in [0.15, 0.2) is 5.65 Å². The zero-order valence-electron chi connectivity index (χ0n) is 13.2. The van der Waals surface area contributed by atoms with Gasteiger partial charge in [0.25, 0.3) is 0 Å².